The summed E-state index contributed by atoms with van der Waals surface area (Å²) in [6, 6.07) is 12.6. The lowest BCUT2D eigenvalue weighted by atomic mass is 10.2. The maximum Gasteiger partial charge on any atom is 0.416 e. The molecule has 0 amide bonds. The van der Waals surface area contributed by atoms with Crippen LogP contribution in [0.2, 0.25) is 0 Å². The van der Waals surface area contributed by atoms with Crippen molar-refractivity contribution >= 4 is 40.0 Å². The predicted octanol–water partition coefficient (Wildman–Crippen LogP) is 4.70. The molecule has 3 N–H and O–H groups in total. The number of alkyl halides is 3. The topological polar surface area (TPSA) is 91.0 Å². The first-order valence-electron chi connectivity index (χ1n) is 10.3. The number of hydrogen-bond acceptors (Lipinski definition) is 7. The average molecular weight is 455 g/mol. The van der Waals surface area contributed by atoms with Gasteiger partial charge in [0.2, 0.25) is 5.95 Å². The van der Waals surface area contributed by atoms with E-state index in [-0.39, 0.29) is 5.95 Å². The van der Waals surface area contributed by atoms with E-state index in [9.17, 15) is 13.2 Å². The lowest BCUT2D eigenvalue weighted by Gasteiger charge is -2.28. The third kappa shape index (κ3) is 4.67. The van der Waals surface area contributed by atoms with Gasteiger partial charge in [-0.3, -0.25) is 0 Å². The molecule has 0 radical (unpaired) electrons. The Morgan fingerprint density at radius 2 is 1.55 bits per heavy atom. The number of nitrogens with one attached hydrogen (secondary N) is 3. The monoisotopic (exact) mass is 455 g/mol. The molecule has 0 aliphatic carbocycles. The fraction of sp³-hybridized carbons (Fsp3) is 0.227. The summed E-state index contributed by atoms with van der Waals surface area (Å²) in [5, 5.41) is 6.20. The number of ether oxygens (including phenoxy) is 1. The van der Waals surface area contributed by atoms with Gasteiger partial charge in [-0.05, 0) is 48.5 Å². The van der Waals surface area contributed by atoms with Gasteiger partial charge in [0, 0.05) is 30.2 Å². The van der Waals surface area contributed by atoms with Gasteiger partial charge < -0.3 is 25.3 Å². The Balaban J connectivity index is 1.37. The summed E-state index contributed by atoms with van der Waals surface area (Å²) >= 11 is 0. The van der Waals surface area contributed by atoms with Gasteiger partial charge in [0.05, 0.1) is 25.1 Å². The van der Waals surface area contributed by atoms with Crippen LogP contribution in [0.5, 0.6) is 0 Å². The Morgan fingerprint density at radius 3 is 2.24 bits per heavy atom. The molecule has 170 valence electrons. The molecular weight excluding hydrogens is 435 g/mol. The molecule has 0 saturated carbocycles. The molecule has 0 bridgehead atoms. The minimum absolute atomic E-state index is 0.210. The van der Waals surface area contributed by atoms with Crippen LogP contribution < -0.4 is 15.5 Å². The number of fused-ring (bicyclic) bond motifs is 1. The number of morpholine rings is 1. The lowest BCUT2D eigenvalue weighted by molar-refractivity contribution is -0.137. The second-order valence-electron chi connectivity index (χ2n) is 7.47. The molecule has 2 aromatic carbocycles. The standard InChI is InChI=1S/C22H20F3N7O/c23-22(24,25)14-1-3-16(4-2-14)29-21-30-19-18(26-13-27-19)20(31-21)28-15-5-7-17(8-6-15)32-9-11-33-12-10-32/h1-8,13H,9-12H2,(H3,26,27,28,29,30,31). The molecule has 8 nitrogen and oxygen atoms in total. The third-order valence-corrected chi connectivity index (χ3v) is 5.26. The van der Waals surface area contributed by atoms with Crippen LogP contribution in [0.4, 0.5) is 42.0 Å². The number of benzene rings is 2. The lowest BCUT2D eigenvalue weighted by Crippen LogP contribution is -2.36. The second-order valence-corrected chi connectivity index (χ2v) is 7.47. The number of rotatable bonds is 5. The highest BCUT2D eigenvalue weighted by molar-refractivity contribution is 5.86. The van der Waals surface area contributed by atoms with Crippen molar-refractivity contribution in [2.75, 3.05) is 41.8 Å². The van der Waals surface area contributed by atoms with Crippen LogP contribution in [0, 0.1) is 0 Å². The van der Waals surface area contributed by atoms with E-state index in [1.807, 2.05) is 24.3 Å². The molecule has 4 aromatic rings. The molecule has 3 heterocycles. The molecule has 2 aromatic heterocycles. The normalized spacial score (nSPS) is 14.5. The predicted molar refractivity (Wildman–Crippen MR) is 119 cm³/mol. The molecule has 33 heavy (non-hydrogen) atoms. The summed E-state index contributed by atoms with van der Waals surface area (Å²) in [6.45, 7) is 3.14. The van der Waals surface area contributed by atoms with Crippen molar-refractivity contribution in [3.8, 4) is 0 Å². The zero-order valence-corrected chi connectivity index (χ0v) is 17.4. The number of hydrogen-bond donors (Lipinski definition) is 3. The number of H-pyrrole nitrogens is 1. The van der Waals surface area contributed by atoms with Crippen LogP contribution in [0.1, 0.15) is 5.56 Å². The molecule has 1 aliphatic rings. The summed E-state index contributed by atoms with van der Waals surface area (Å²) in [5.41, 5.74) is 2.68. The maximum atomic E-state index is 12.8. The highest BCUT2D eigenvalue weighted by Gasteiger charge is 2.30. The zero-order chi connectivity index (χ0) is 22.8. The quantitative estimate of drug-likeness (QED) is 0.402. The van der Waals surface area contributed by atoms with Crippen LogP contribution in [-0.2, 0) is 10.9 Å². The van der Waals surface area contributed by atoms with Gasteiger partial charge in [-0.2, -0.15) is 23.1 Å². The van der Waals surface area contributed by atoms with E-state index >= 15 is 0 Å². The SMILES string of the molecule is FC(F)(F)c1ccc(Nc2nc(Nc3ccc(N4CCOCC4)cc3)c3[nH]cnc3n2)cc1. The number of imidazole rings is 1. The molecule has 1 aliphatic heterocycles. The fourth-order valence-corrected chi connectivity index (χ4v) is 3.57. The summed E-state index contributed by atoms with van der Waals surface area (Å²) in [7, 11) is 0. The number of aromatic nitrogens is 4. The van der Waals surface area contributed by atoms with Crippen LogP contribution in [0.25, 0.3) is 11.2 Å². The molecule has 0 unspecified atom stereocenters. The van der Waals surface area contributed by atoms with Crippen LogP contribution >= 0.6 is 0 Å². The Kier molecular flexibility index (Phi) is 5.47. The van der Waals surface area contributed by atoms with Crippen LogP contribution in [-0.4, -0.2) is 46.2 Å². The van der Waals surface area contributed by atoms with E-state index in [0.717, 1.165) is 36.6 Å². The van der Waals surface area contributed by atoms with Crippen molar-refractivity contribution in [2.45, 2.75) is 6.18 Å². The number of nitrogens with zero attached hydrogens (tertiary/aromatic N) is 4. The van der Waals surface area contributed by atoms with Gasteiger partial charge in [-0.15, -0.1) is 0 Å². The van der Waals surface area contributed by atoms with Crippen molar-refractivity contribution in [1.29, 1.82) is 0 Å². The van der Waals surface area contributed by atoms with Crippen molar-refractivity contribution in [3.05, 3.63) is 60.4 Å². The van der Waals surface area contributed by atoms with E-state index in [0.29, 0.717) is 35.9 Å². The van der Waals surface area contributed by atoms with E-state index in [2.05, 4.69) is 35.5 Å². The van der Waals surface area contributed by atoms with Crippen molar-refractivity contribution < 1.29 is 17.9 Å². The first-order chi connectivity index (χ1) is 16.0. The highest BCUT2D eigenvalue weighted by atomic mass is 19.4. The van der Waals surface area contributed by atoms with Crippen molar-refractivity contribution in [2.24, 2.45) is 0 Å². The van der Waals surface area contributed by atoms with Gasteiger partial charge in [-0.1, -0.05) is 0 Å². The van der Waals surface area contributed by atoms with Crippen molar-refractivity contribution in [3.63, 3.8) is 0 Å². The van der Waals surface area contributed by atoms with Gasteiger partial charge in [0.15, 0.2) is 11.5 Å². The van der Waals surface area contributed by atoms with Crippen LogP contribution in [0.15, 0.2) is 54.9 Å². The van der Waals surface area contributed by atoms with Gasteiger partial charge in [-0.25, -0.2) is 4.98 Å². The molecule has 5 rings (SSSR count). The summed E-state index contributed by atoms with van der Waals surface area (Å²) < 4.78 is 43.8. The summed E-state index contributed by atoms with van der Waals surface area (Å²) in [5.74, 6) is 0.702. The number of aromatic amines is 1. The third-order valence-electron chi connectivity index (χ3n) is 5.26. The molecule has 0 atom stereocenters. The van der Waals surface area contributed by atoms with E-state index in [1.165, 1.54) is 18.5 Å². The average Bonchev–Trinajstić information content (AvgIpc) is 3.29. The minimum atomic E-state index is -4.39. The smallest absolute Gasteiger partial charge is 0.378 e. The molecule has 1 fully saturated rings. The number of halogens is 3. The molecular formula is C22H20F3N7O. The van der Waals surface area contributed by atoms with Gasteiger partial charge in [0.1, 0.15) is 5.52 Å². The first-order valence-corrected chi connectivity index (χ1v) is 10.3. The highest BCUT2D eigenvalue weighted by Crippen LogP contribution is 2.31. The molecule has 1 saturated heterocycles. The second kappa shape index (κ2) is 8.58. The Hall–Kier alpha value is -3.86. The largest absolute Gasteiger partial charge is 0.416 e. The van der Waals surface area contributed by atoms with E-state index in [4.69, 9.17) is 4.74 Å². The fourth-order valence-electron chi connectivity index (χ4n) is 3.57. The Bertz CT molecular complexity index is 1230. The summed E-state index contributed by atoms with van der Waals surface area (Å²) in [4.78, 5) is 18.3. The summed E-state index contributed by atoms with van der Waals surface area (Å²) in [6.07, 6.45) is -2.88. The van der Waals surface area contributed by atoms with Crippen molar-refractivity contribution in [1.82, 2.24) is 19.9 Å². The van der Waals surface area contributed by atoms with Crippen LogP contribution in [0.3, 0.4) is 0 Å². The maximum absolute atomic E-state index is 12.8. The van der Waals surface area contributed by atoms with E-state index < -0.39 is 11.7 Å². The Labute approximate surface area is 186 Å². The first kappa shape index (κ1) is 21.0. The van der Waals surface area contributed by atoms with E-state index in [1.54, 1.807) is 0 Å². The Morgan fingerprint density at radius 1 is 0.879 bits per heavy atom. The molecule has 11 heteroatoms. The zero-order valence-electron chi connectivity index (χ0n) is 17.4. The van der Waals surface area contributed by atoms with Gasteiger partial charge >= 0.3 is 6.18 Å². The van der Waals surface area contributed by atoms with Gasteiger partial charge in [0.25, 0.3) is 0 Å². The minimum Gasteiger partial charge on any atom is -0.378 e. The number of anilines is 5. The molecule has 0 spiro atoms.